The summed E-state index contributed by atoms with van der Waals surface area (Å²) in [5, 5.41) is 6.79. The maximum Gasteiger partial charge on any atom is 0.435 e. The van der Waals surface area contributed by atoms with Crippen molar-refractivity contribution in [2.24, 2.45) is 0 Å². The first kappa shape index (κ1) is 14.0. The highest BCUT2D eigenvalue weighted by Crippen LogP contribution is 2.35. The Hall–Kier alpha value is -2.64. The highest BCUT2D eigenvalue weighted by molar-refractivity contribution is 5.89. The quantitative estimate of drug-likeness (QED) is 0.749. The highest BCUT2D eigenvalue weighted by atomic mass is 19.4. The normalized spacial score (nSPS) is 15.0. The number of aromatic nitrogens is 4. The zero-order chi connectivity index (χ0) is 16.0. The minimum Gasteiger partial charge on any atom is -0.351 e. The summed E-state index contributed by atoms with van der Waals surface area (Å²) in [6.07, 6.45) is -2.55. The van der Waals surface area contributed by atoms with Crippen LogP contribution in [0.4, 0.5) is 19.0 Å². The number of halogens is 3. The van der Waals surface area contributed by atoms with Gasteiger partial charge < -0.3 is 4.90 Å². The van der Waals surface area contributed by atoms with E-state index in [0.717, 1.165) is 10.9 Å². The molecule has 0 radical (unpaired) electrons. The Balaban J connectivity index is 1.77. The Labute approximate surface area is 129 Å². The largest absolute Gasteiger partial charge is 0.435 e. The van der Waals surface area contributed by atoms with Crippen molar-refractivity contribution in [2.45, 2.75) is 19.1 Å². The van der Waals surface area contributed by atoms with Gasteiger partial charge in [0, 0.05) is 36.2 Å². The van der Waals surface area contributed by atoms with E-state index in [1.807, 2.05) is 29.2 Å². The van der Waals surface area contributed by atoms with Gasteiger partial charge >= 0.3 is 6.18 Å². The lowest BCUT2D eigenvalue weighted by molar-refractivity contribution is -0.141. The molecule has 0 amide bonds. The molecule has 1 aliphatic rings. The van der Waals surface area contributed by atoms with Crippen LogP contribution < -0.4 is 4.90 Å². The van der Waals surface area contributed by atoms with Crippen LogP contribution in [0.2, 0.25) is 0 Å². The molecule has 0 fully saturated rings. The second kappa shape index (κ2) is 4.94. The number of H-pyrrole nitrogens is 1. The van der Waals surface area contributed by atoms with Crippen molar-refractivity contribution in [3.63, 3.8) is 0 Å². The summed E-state index contributed by atoms with van der Waals surface area (Å²) in [5.74, 6) is 0.649. The molecule has 3 aromatic rings. The number of hydrogen-bond acceptors (Lipinski definition) is 4. The van der Waals surface area contributed by atoms with Crippen LogP contribution in [0.1, 0.15) is 17.0 Å². The van der Waals surface area contributed by atoms with Gasteiger partial charge in [-0.15, -0.1) is 0 Å². The molecular weight excluding hydrogens is 307 g/mol. The molecule has 0 atom stereocenters. The van der Waals surface area contributed by atoms with Gasteiger partial charge in [0.1, 0.15) is 12.1 Å². The number of rotatable bonds is 1. The SMILES string of the molecule is FC(F)(F)c1n[nH]c2c1CN(c1ncnc3ccccc13)CC2. The van der Waals surface area contributed by atoms with Crippen LogP contribution in [0.15, 0.2) is 30.6 Å². The van der Waals surface area contributed by atoms with Gasteiger partial charge in [0.25, 0.3) is 0 Å². The second-order valence-electron chi connectivity index (χ2n) is 5.41. The van der Waals surface area contributed by atoms with Gasteiger partial charge in [-0.25, -0.2) is 9.97 Å². The molecule has 0 saturated heterocycles. The average molecular weight is 319 g/mol. The first-order chi connectivity index (χ1) is 11.0. The standard InChI is InChI=1S/C15H12F3N5/c16-15(17,18)13-10-7-23(6-5-12(10)21-22-13)14-9-3-1-2-4-11(9)19-8-20-14/h1-4,8H,5-7H2,(H,21,22). The molecule has 8 heteroatoms. The molecule has 0 aliphatic carbocycles. The zero-order valence-electron chi connectivity index (χ0n) is 11.9. The Morgan fingerprint density at radius 2 is 1.96 bits per heavy atom. The Morgan fingerprint density at radius 1 is 1.13 bits per heavy atom. The monoisotopic (exact) mass is 319 g/mol. The van der Waals surface area contributed by atoms with E-state index in [9.17, 15) is 13.2 Å². The number of fused-ring (bicyclic) bond motifs is 2. The zero-order valence-corrected chi connectivity index (χ0v) is 11.9. The maximum atomic E-state index is 13.1. The van der Waals surface area contributed by atoms with Gasteiger partial charge in [-0.05, 0) is 12.1 Å². The summed E-state index contributed by atoms with van der Waals surface area (Å²) in [5.41, 5.74) is 0.681. The molecule has 0 bridgehead atoms. The number of nitrogens with one attached hydrogen (secondary N) is 1. The van der Waals surface area contributed by atoms with Crippen LogP contribution in [0.3, 0.4) is 0 Å². The molecule has 1 N–H and O–H groups in total. The predicted molar refractivity (Wildman–Crippen MR) is 77.9 cm³/mol. The Bertz CT molecular complexity index is 866. The third kappa shape index (κ3) is 2.30. The van der Waals surface area contributed by atoms with Gasteiger partial charge in [-0.1, -0.05) is 12.1 Å². The van der Waals surface area contributed by atoms with Crippen LogP contribution in [0.5, 0.6) is 0 Å². The smallest absolute Gasteiger partial charge is 0.351 e. The lowest BCUT2D eigenvalue weighted by Crippen LogP contribution is -2.32. The summed E-state index contributed by atoms with van der Waals surface area (Å²) in [4.78, 5) is 10.3. The topological polar surface area (TPSA) is 57.7 Å². The third-order valence-corrected chi connectivity index (χ3v) is 4.02. The van der Waals surface area contributed by atoms with E-state index in [1.165, 1.54) is 6.33 Å². The fourth-order valence-electron chi connectivity index (χ4n) is 2.95. The number of para-hydroxylation sites is 1. The number of alkyl halides is 3. The van der Waals surface area contributed by atoms with Crippen molar-refractivity contribution in [1.29, 1.82) is 0 Å². The molecule has 0 saturated carbocycles. The summed E-state index contributed by atoms with van der Waals surface area (Å²) >= 11 is 0. The van der Waals surface area contributed by atoms with E-state index in [4.69, 9.17) is 0 Å². The summed E-state index contributed by atoms with van der Waals surface area (Å²) in [6, 6.07) is 7.46. The number of nitrogens with zero attached hydrogens (tertiary/aromatic N) is 4. The van der Waals surface area contributed by atoms with E-state index in [-0.39, 0.29) is 12.1 Å². The molecule has 23 heavy (non-hydrogen) atoms. The van der Waals surface area contributed by atoms with Gasteiger partial charge in [0.05, 0.1) is 5.52 Å². The highest BCUT2D eigenvalue weighted by Gasteiger charge is 2.39. The summed E-state index contributed by atoms with van der Waals surface area (Å²) in [6.45, 7) is 0.704. The van der Waals surface area contributed by atoms with Gasteiger partial charge in [0.15, 0.2) is 5.69 Å². The molecule has 118 valence electrons. The first-order valence-corrected chi connectivity index (χ1v) is 7.12. The Morgan fingerprint density at radius 3 is 2.78 bits per heavy atom. The van der Waals surface area contributed by atoms with Crippen LogP contribution in [0, 0.1) is 0 Å². The molecule has 2 aromatic heterocycles. The van der Waals surface area contributed by atoms with E-state index in [0.29, 0.717) is 24.5 Å². The van der Waals surface area contributed by atoms with Crippen molar-refractivity contribution in [3.05, 3.63) is 47.5 Å². The van der Waals surface area contributed by atoms with Crippen LogP contribution >= 0.6 is 0 Å². The molecule has 1 aromatic carbocycles. The second-order valence-corrected chi connectivity index (χ2v) is 5.41. The predicted octanol–water partition coefficient (Wildman–Crippen LogP) is 2.93. The average Bonchev–Trinajstić information content (AvgIpc) is 2.97. The number of anilines is 1. The van der Waals surface area contributed by atoms with E-state index in [2.05, 4.69) is 20.2 Å². The molecule has 0 unspecified atom stereocenters. The molecule has 0 spiro atoms. The molecule has 3 heterocycles. The van der Waals surface area contributed by atoms with Crippen LogP contribution in [0.25, 0.3) is 10.9 Å². The fraction of sp³-hybridized carbons (Fsp3) is 0.267. The maximum absolute atomic E-state index is 13.1. The van der Waals surface area contributed by atoms with Crippen molar-refractivity contribution < 1.29 is 13.2 Å². The summed E-state index contributed by atoms with van der Waals surface area (Å²) in [7, 11) is 0. The van der Waals surface area contributed by atoms with Gasteiger partial charge in [-0.3, -0.25) is 5.10 Å². The molecule has 1 aliphatic heterocycles. The van der Waals surface area contributed by atoms with Crippen molar-refractivity contribution in [1.82, 2.24) is 20.2 Å². The van der Waals surface area contributed by atoms with Crippen LogP contribution in [-0.2, 0) is 19.1 Å². The van der Waals surface area contributed by atoms with Gasteiger partial charge in [0.2, 0.25) is 0 Å². The lowest BCUT2D eigenvalue weighted by atomic mass is 10.0. The van der Waals surface area contributed by atoms with Crippen molar-refractivity contribution in [3.8, 4) is 0 Å². The van der Waals surface area contributed by atoms with Crippen LogP contribution in [-0.4, -0.2) is 26.7 Å². The first-order valence-electron chi connectivity index (χ1n) is 7.12. The van der Waals surface area contributed by atoms with Crippen molar-refractivity contribution >= 4 is 16.7 Å². The van der Waals surface area contributed by atoms with E-state index < -0.39 is 11.9 Å². The number of hydrogen-bond donors (Lipinski definition) is 1. The molecular formula is C15H12F3N5. The summed E-state index contributed by atoms with van der Waals surface area (Å²) < 4.78 is 39.2. The molecule has 5 nitrogen and oxygen atoms in total. The van der Waals surface area contributed by atoms with E-state index in [1.54, 1.807) is 0 Å². The number of aromatic amines is 1. The number of benzene rings is 1. The van der Waals surface area contributed by atoms with E-state index >= 15 is 0 Å². The third-order valence-electron chi connectivity index (χ3n) is 4.02. The molecule has 4 rings (SSSR count). The minimum atomic E-state index is -4.46. The fourth-order valence-corrected chi connectivity index (χ4v) is 2.95. The van der Waals surface area contributed by atoms with Crippen molar-refractivity contribution in [2.75, 3.05) is 11.4 Å². The van der Waals surface area contributed by atoms with Gasteiger partial charge in [-0.2, -0.15) is 18.3 Å². The lowest BCUT2D eigenvalue weighted by Gasteiger charge is -2.29. The Kier molecular flexibility index (Phi) is 3.00. The minimum absolute atomic E-state index is 0.127.